The molecule has 9 aromatic carbocycles. The van der Waals surface area contributed by atoms with Gasteiger partial charge < -0.3 is 4.42 Å². The van der Waals surface area contributed by atoms with E-state index in [0.29, 0.717) is 5.82 Å². The van der Waals surface area contributed by atoms with E-state index in [2.05, 4.69) is 176 Å². The zero-order chi connectivity index (χ0) is 36.3. The lowest BCUT2D eigenvalue weighted by Crippen LogP contribution is -1.98. The van der Waals surface area contributed by atoms with Crippen molar-refractivity contribution in [2.45, 2.75) is 0 Å². The summed E-state index contributed by atoms with van der Waals surface area (Å²) in [6.45, 7) is 0. The summed E-state index contributed by atoms with van der Waals surface area (Å²) in [6, 6.07) is 68.5. The van der Waals surface area contributed by atoms with E-state index >= 15 is 0 Å². The van der Waals surface area contributed by atoms with Crippen LogP contribution in [0.2, 0.25) is 0 Å². The highest BCUT2D eigenvalue weighted by Gasteiger charge is 2.20. The van der Waals surface area contributed by atoms with Crippen molar-refractivity contribution < 1.29 is 4.42 Å². The summed E-state index contributed by atoms with van der Waals surface area (Å²) in [5.74, 6) is 0.688. The van der Waals surface area contributed by atoms with E-state index in [1.54, 1.807) is 0 Å². The average Bonchev–Trinajstić information content (AvgIpc) is 3.65. The van der Waals surface area contributed by atoms with Crippen molar-refractivity contribution in [3.63, 3.8) is 0 Å². The first-order valence-electron chi connectivity index (χ1n) is 18.7. The van der Waals surface area contributed by atoms with Crippen LogP contribution in [0, 0.1) is 0 Å². The first-order valence-corrected chi connectivity index (χ1v) is 18.7. The van der Waals surface area contributed by atoms with Crippen LogP contribution >= 0.6 is 0 Å². The molecule has 0 aliphatic heterocycles. The van der Waals surface area contributed by atoms with Crippen LogP contribution in [0.4, 0.5) is 0 Å². The fourth-order valence-corrected chi connectivity index (χ4v) is 8.27. The van der Waals surface area contributed by atoms with Gasteiger partial charge in [0.15, 0.2) is 5.82 Å². The molecular weight excluding hydrogens is 669 g/mol. The number of fused-ring (bicyclic) bond motifs is 7. The third-order valence-electron chi connectivity index (χ3n) is 10.9. The Bertz CT molecular complexity index is 3250. The van der Waals surface area contributed by atoms with Gasteiger partial charge in [-0.25, -0.2) is 9.97 Å². The first kappa shape index (κ1) is 31.2. The van der Waals surface area contributed by atoms with E-state index in [1.165, 1.54) is 21.7 Å². The smallest absolute Gasteiger partial charge is 0.161 e. The second kappa shape index (κ2) is 12.6. The molecule has 0 fully saturated rings. The minimum atomic E-state index is 0.688. The second-order valence-corrected chi connectivity index (χ2v) is 14.1. The summed E-state index contributed by atoms with van der Waals surface area (Å²) >= 11 is 0. The molecule has 256 valence electrons. The highest BCUT2D eigenvalue weighted by Crippen LogP contribution is 2.43. The van der Waals surface area contributed by atoms with Crippen molar-refractivity contribution in [3.8, 4) is 56.2 Å². The third-order valence-corrected chi connectivity index (χ3v) is 10.9. The molecule has 0 aliphatic rings. The van der Waals surface area contributed by atoms with E-state index in [0.717, 1.165) is 82.9 Å². The highest BCUT2D eigenvalue weighted by atomic mass is 16.3. The molecule has 3 nitrogen and oxygen atoms in total. The third kappa shape index (κ3) is 5.20. The van der Waals surface area contributed by atoms with E-state index in [-0.39, 0.29) is 0 Å². The molecule has 2 heterocycles. The van der Waals surface area contributed by atoms with Crippen molar-refractivity contribution in [1.29, 1.82) is 0 Å². The van der Waals surface area contributed by atoms with Crippen molar-refractivity contribution in [3.05, 3.63) is 194 Å². The molecule has 55 heavy (non-hydrogen) atoms. The van der Waals surface area contributed by atoms with E-state index in [4.69, 9.17) is 14.4 Å². The number of rotatable bonds is 5. The minimum Gasteiger partial charge on any atom is -0.455 e. The molecule has 0 saturated heterocycles. The Balaban J connectivity index is 1.19. The van der Waals surface area contributed by atoms with Gasteiger partial charge in [0.25, 0.3) is 0 Å². The van der Waals surface area contributed by atoms with Gasteiger partial charge in [0.1, 0.15) is 11.2 Å². The van der Waals surface area contributed by atoms with E-state index < -0.39 is 0 Å². The molecule has 11 aromatic rings. The van der Waals surface area contributed by atoms with Crippen molar-refractivity contribution in [1.82, 2.24) is 9.97 Å². The summed E-state index contributed by atoms with van der Waals surface area (Å²) in [4.78, 5) is 10.9. The van der Waals surface area contributed by atoms with Gasteiger partial charge in [-0.15, -0.1) is 0 Å². The molecule has 0 saturated carbocycles. The van der Waals surface area contributed by atoms with Gasteiger partial charge in [0.05, 0.1) is 11.4 Å². The summed E-state index contributed by atoms with van der Waals surface area (Å²) in [6.07, 6.45) is 0. The molecule has 0 aliphatic carbocycles. The van der Waals surface area contributed by atoms with Crippen molar-refractivity contribution in [2.24, 2.45) is 0 Å². The lowest BCUT2D eigenvalue weighted by molar-refractivity contribution is 0.670. The predicted octanol–water partition coefficient (Wildman–Crippen LogP) is 14.2. The highest BCUT2D eigenvalue weighted by molar-refractivity contribution is 6.19. The van der Waals surface area contributed by atoms with Crippen LogP contribution in [0.1, 0.15) is 0 Å². The topological polar surface area (TPSA) is 38.9 Å². The van der Waals surface area contributed by atoms with Crippen LogP contribution in [0.15, 0.2) is 199 Å². The second-order valence-electron chi connectivity index (χ2n) is 14.1. The van der Waals surface area contributed by atoms with Gasteiger partial charge >= 0.3 is 0 Å². The Hall–Kier alpha value is -7.36. The Kier molecular flexibility index (Phi) is 7.17. The van der Waals surface area contributed by atoms with Gasteiger partial charge in [-0.1, -0.05) is 176 Å². The Morgan fingerprint density at radius 3 is 1.80 bits per heavy atom. The maximum atomic E-state index is 6.56. The monoisotopic (exact) mass is 700 g/mol. The Morgan fingerprint density at radius 1 is 0.327 bits per heavy atom. The molecule has 0 N–H and O–H groups in total. The largest absolute Gasteiger partial charge is 0.455 e. The van der Waals surface area contributed by atoms with Crippen molar-refractivity contribution in [2.75, 3.05) is 0 Å². The van der Waals surface area contributed by atoms with E-state index in [9.17, 15) is 0 Å². The maximum Gasteiger partial charge on any atom is 0.161 e. The lowest BCUT2D eigenvalue weighted by atomic mass is 9.92. The fraction of sp³-hybridized carbons (Fsp3) is 0. The van der Waals surface area contributed by atoms with Crippen LogP contribution in [-0.2, 0) is 0 Å². The molecule has 0 unspecified atom stereocenters. The number of nitrogens with zero attached hydrogens (tertiary/aromatic N) is 2. The van der Waals surface area contributed by atoms with Crippen LogP contribution in [-0.4, -0.2) is 9.97 Å². The number of aromatic nitrogens is 2. The first-order chi connectivity index (χ1) is 27.3. The quantitative estimate of drug-likeness (QED) is 0.133. The summed E-state index contributed by atoms with van der Waals surface area (Å²) < 4.78 is 6.56. The lowest BCUT2D eigenvalue weighted by Gasteiger charge is -2.16. The average molecular weight is 701 g/mol. The molecule has 3 heteroatoms. The molecule has 0 bridgehead atoms. The molecule has 0 radical (unpaired) electrons. The number of hydrogen-bond acceptors (Lipinski definition) is 3. The van der Waals surface area contributed by atoms with Gasteiger partial charge in [0.2, 0.25) is 0 Å². The summed E-state index contributed by atoms with van der Waals surface area (Å²) in [5, 5.41) is 9.21. The number of furan rings is 1. The van der Waals surface area contributed by atoms with E-state index in [1.807, 2.05) is 18.2 Å². The van der Waals surface area contributed by atoms with Gasteiger partial charge in [0, 0.05) is 33.0 Å². The maximum absolute atomic E-state index is 6.56. The summed E-state index contributed by atoms with van der Waals surface area (Å²) in [5.41, 5.74) is 10.9. The normalized spacial score (nSPS) is 11.6. The number of hydrogen-bond donors (Lipinski definition) is 0. The molecule has 11 rings (SSSR count). The van der Waals surface area contributed by atoms with Crippen LogP contribution < -0.4 is 0 Å². The Morgan fingerprint density at radius 2 is 0.945 bits per heavy atom. The molecule has 0 spiro atoms. The molecule has 0 amide bonds. The SMILES string of the molecule is c1ccc(-c2ccc(-c3cc(-c4ccccc4-c4cccc5c4oc4ccccc45)nc(-c4c5ccccc5cc5c4ccc4ccccc45)n3)cc2)cc1. The number of benzene rings is 9. The molecule has 0 atom stereocenters. The predicted molar refractivity (Wildman–Crippen MR) is 229 cm³/mol. The minimum absolute atomic E-state index is 0.688. The molecular formula is C52H32N2O. The Labute approximate surface area is 317 Å². The zero-order valence-electron chi connectivity index (χ0n) is 29.8. The standard InChI is InChI=1S/C52H32N2O/c1-2-13-33(14-3-1)34-25-27-36(28-26-34)47-32-48(41-20-9-8-19-40(41)44-22-12-23-45-42-21-10-11-24-49(42)55-51(44)45)54-52(53-47)50-39-18-7-5-16-37(39)31-46-38-17-6-4-15-35(38)29-30-43(46)50/h1-32H. The van der Waals surface area contributed by atoms with Crippen molar-refractivity contribution >= 4 is 54.3 Å². The molecule has 2 aromatic heterocycles. The fourth-order valence-electron chi connectivity index (χ4n) is 8.27. The van der Waals surface area contributed by atoms with Gasteiger partial charge in [-0.2, -0.15) is 0 Å². The zero-order valence-corrected chi connectivity index (χ0v) is 29.8. The summed E-state index contributed by atoms with van der Waals surface area (Å²) in [7, 11) is 0. The van der Waals surface area contributed by atoms with Crippen LogP contribution in [0.25, 0.3) is 110 Å². The number of para-hydroxylation sites is 2. The van der Waals surface area contributed by atoms with Gasteiger partial charge in [-0.3, -0.25) is 0 Å². The van der Waals surface area contributed by atoms with Gasteiger partial charge in [-0.05, 0) is 67.2 Å². The van der Waals surface area contributed by atoms with Crippen LogP contribution in [0.5, 0.6) is 0 Å². The van der Waals surface area contributed by atoms with Crippen LogP contribution in [0.3, 0.4) is 0 Å².